The Balaban J connectivity index is 1.73. The fraction of sp³-hybridized carbons (Fsp3) is 0.476. The molecule has 1 saturated heterocycles. The number of aromatic nitrogens is 2. The SMILES string of the molecule is COc1cc(C)ccc1C(C)N[C@@H]1CCN(c2nc(C(N)=O)nc(C)c2C)C1. The summed E-state index contributed by atoms with van der Waals surface area (Å²) in [7, 11) is 1.71. The minimum Gasteiger partial charge on any atom is -0.496 e. The van der Waals surface area contributed by atoms with E-state index in [-0.39, 0.29) is 11.9 Å². The maximum atomic E-state index is 11.5. The van der Waals surface area contributed by atoms with Gasteiger partial charge >= 0.3 is 0 Å². The average molecular weight is 383 g/mol. The smallest absolute Gasteiger partial charge is 0.286 e. The number of amides is 1. The van der Waals surface area contributed by atoms with Crippen LogP contribution in [0.2, 0.25) is 0 Å². The molecular weight excluding hydrogens is 354 g/mol. The molecule has 3 rings (SSSR count). The van der Waals surface area contributed by atoms with Crippen molar-refractivity contribution in [2.45, 2.75) is 46.2 Å². The molecule has 0 spiro atoms. The second-order valence-corrected chi connectivity index (χ2v) is 7.51. The first-order valence-electron chi connectivity index (χ1n) is 9.60. The first kappa shape index (κ1) is 20.1. The van der Waals surface area contributed by atoms with Crippen molar-refractivity contribution in [3.8, 4) is 5.75 Å². The van der Waals surface area contributed by atoms with Gasteiger partial charge in [-0.1, -0.05) is 12.1 Å². The summed E-state index contributed by atoms with van der Waals surface area (Å²) in [6, 6.07) is 6.76. The van der Waals surface area contributed by atoms with Gasteiger partial charge in [-0.25, -0.2) is 9.97 Å². The first-order valence-corrected chi connectivity index (χ1v) is 9.60. The van der Waals surface area contributed by atoms with Crippen LogP contribution in [0.1, 0.15) is 52.4 Å². The number of carbonyl (C=O) groups excluding carboxylic acids is 1. The average Bonchev–Trinajstić information content (AvgIpc) is 3.11. The summed E-state index contributed by atoms with van der Waals surface area (Å²) in [5.74, 6) is 1.18. The summed E-state index contributed by atoms with van der Waals surface area (Å²) >= 11 is 0. The zero-order valence-electron chi connectivity index (χ0n) is 17.2. The van der Waals surface area contributed by atoms with Crippen molar-refractivity contribution in [3.05, 3.63) is 46.4 Å². The molecule has 1 unspecified atom stereocenters. The predicted octanol–water partition coefficient (Wildman–Crippen LogP) is 2.44. The Morgan fingerprint density at radius 3 is 2.75 bits per heavy atom. The number of nitrogens with two attached hydrogens (primary N) is 1. The van der Waals surface area contributed by atoms with Crippen molar-refractivity contribution in [1.82, 2.24) is 15.3 Å². The van der Waals surface area contributed by atoms with Gasteiger partial charge in [0.05, 0.1) is 7.11 Å². The Morgan fingerprint density at radius 2 is 2.07 bits per heavy atom. The van der Waals surface area contributed by atoms with Crippen molar-refractivity contribution < 1.29 is 9.53 Å². The molecule has 28 heavy (non-hydrogen) atoms. The highest BCUT2D eigenvalue weighted by Gasteiger charge is 2.27. The van der Waals surface area contributed by atoms with Crippen LogP contribution in [0.25, 0.3) is 0 Å². The van der Waals surface area contributed by atoms with E-state index in [0.29, 0.717) is 6.04 Å². The highest BCUT2D eigenvalue weighted by atomic mass is 16.5. The van der Waals surface area contributed by atoms with Gasteiger partial charge in [-0.2, -0.15) is 0 Å². The lowest BCUT2D eigenvalue weighted by molar-refractivity contribution is 0.0990. The van der Waals surface area contributed by atoms with Crippen LogP contribution in [0.5, 0.6) is 5.75 Å². The van der Waals surface area contributed by atoms with Crippen LogP contribution in [0.4, 0.5) is 5.82 Å². The lowest BCUT2D eigenvalue weighted by Gasteiger charge is -2.24. The van der Waals surface area contributed by atoms with E-state index >= 15 is 0 Å². The van der Waals surface area contributed by atoms with Crippen LogP contribution in [-0.2, 0) is 0 Å². The van der Waals surface area contributed by atoms with Crippen LogP contribution in [-0.4, -0.2) is 42.1 Å². The third-order valence-electron chi connectivity index (χ3n) is 5.41. The number of nitrogens with one attached hydrogen (secondary N) is 1. The van der Waals surface area contributed by atoms with Crippen LogP contribution in [0.3, 0.4) is 0 Å². The summed E-state index contributed by atoms with van der Waals surface area (Å²) in [6.45, 7) is 9.76. The Morgan fingerprint density at radius 1 is 1.32 bits per heavy atom. The normalized spacial score (nSPS) is 17.6. The number of hydrogen-bond donors (Lipinski definition) is 2. The van der Waals surface area contributed by atoms with Crippen LogP contribution in [0.15, 0.2) is 18.2 Å². The molecule has 2 atom stereocenters. The molecule has 2 heterocycles. The number of anilines is 1. The number of nitrogens with zero attached hydrogens (tertiary/aromatic N) is 3. The minimum absolute atomic E-state index is 0.0762. The Hall–Kier alpha value is -2.67. The molecule has 0 saturated carbocycles. The first-order chi connectivity index (χ1) is 13.3. The van der Waals surface area contributed by atoms with Gasteiger partial charge in [0.15, 0.2) is 0 Å². The van der Waals surface area contributed by atoms with E-state index in [1.54, 1.807) is 7.11 Å². The Kier molecular flexibility index (Phi) is 5.84. The Labute approximate surface area is 166 Å². The van der Waals surface area contributed by atoms with E-state index < -0.39 is 5.91 Å². The van der Waals surface area contributed by atoms with Gasteiger partial charge in [-0.05, 0) is 45.7 Å². The molecule has 1 aliphatic heterocycles. The quantitative estimate of drug-likeness (QED) is 0.796. The lowest BCUT2D eigenvalue weighted by atomic mass is 10.0. The van der Waals surface area contributed by atoms with Crippen molar-refractivity contribution in [1.29, 1.82) is 0 Å². The van der Waals surface area contributed by atoms with Gasteiger partial charge in [0.1, 0.15) is 11.6 Å². The Bertz CT molecular complexity index is 883. The van der Waals surface area contributed by atoms with Gasteiger partial charge in [-0.3, -0.25) is 4.79 Å². The maximum Gasteiger partial charge on any atom is 0.286 e. The zero-order valence-corrected chi connectivity index (χ0v) is 17.2. The van der Waals surface area contributed by atoms with Gasteiger partial charge in [0.2, 0.25) is 5.82 Å². The summed E-state index contributed by atoms with van der Waals surface area (Å²) in [5.41, 5.74) is 9.49. The van der Waals surface area contributed by atoms with Crippen molar-refractivity contribution >= 4 is 11.7 Å². The number of rotatable bonds is 6. The summed E-state index contributed by atoms with van der Waals surface area (Å²) in [5, 5.41) is 3.70. The molecule has 0 bridgehead atoms. The molecule has 1 aromatic carbocycles. The summed E-state index contributed by atoms with van der Waals surface area (Å²) in [6.07, 6.45) is 0.993. The van der Waals surface area contributed by atoms with Gasteiger partial charge in [0.25, 0.3) is 5.91 Å². The van der Waals surface area contributed by atoms with Gasteiger partial charge < -0.3 is 20.7 Å². The number of primary amides is 1. The van der Waals surface area contributed by atoms with E-state index in [1.165, 1.54) is 5.56 Å². The predicted molar refractivity (Wildman–Crippen MR) is 110 cm³/mol. The number of ether oxygens (including phenoxy) is 1. The zero-order chi connectivity index (χ0) is 20.4. The van der Waals surface area contributed by atoms with Crippen LogP contribution < -0.4 is 20.7 Å². The highest BCUT2D eigenvalue weighted by molar-refractivity contribution is 5.89. The molecule has 0 aliphatic carbocycles. The van der Waals surface area contributed by atoms with Crippen molar-refractivity contribution in [3.63, 3.8) is 0 Å². The molecule has 1 amide bonds. The highest BCUT2D eigenvalue weighted by Crippen LogP contribution is 2.29. The number of hydrogen-bond acceptors (Lipinski definition) is 6. The summed E-state index contributed by atoms with van der Waals surface area (Å²) in [4.78, 5) is 22.4. The number of benzene rings is 1. The fourth-order valence-corrected chi connectivity index (χ4v) is 3.74. The number of methoxy groups -OCH3 is 1. The third kappa shape index (κ3) is 4.09. The molecule has 7 heteroatoms. The fourth-order valence-electron chi connectivity index (χ4n) is 3.74. The minimum atomic E-state index is -0.599. The lowest BCUT2D eigenvalue weighted by Crippen LogP contribution is -2.35. The van der Waals surface area contributed by atoms with E-state index in [9.17, 15) is 4.79 Å². The second kappa shape index (κ2) is 8.14. The standard InChI is InChI=1S/C21H29N5O2/c1-12-6-7-17(18(10-12)28-5)15(4)23-16-8-9-26(11-16)21-13(2)14(3)24-20(25-21)19(22)27/h6-7,10,15-16,23H,8-9,11H2,1-5H3,(H2,22,27)/t15?,16-/m1/s1. The number of carbonyl (C=O) groups is 1. The molecule has 7 nitrogen and oxygen atoms in total. The molecule has 150 valence electrons. The van der Waals surface area contributed by atoms with Crippen molar-refractivity contribution in [2.75, 3.05) is 25.1 Å². The molecule has 3 N–H and O–H groups in total. The van der Waals surface area contributed by atoms with Gasteiger partial charge in [-0.15, -0.1) is 0 Å². The van der Waals surface area contributed by atoms with E-state index in [1.807, 2.05) is 13.8 Å². The van der Waals surface area contributed by atoms with E-state index in [0.717, 1.165) is 47.9 Å². The second-order valence-electron chi connectivity index (χ2n) is 7.51. The molecule has 1 aromatic heterocycles. The largest absolute Gasteiger partial charge is 0.496 e. The van der Waals surface area contributed by atoms with Gasteiger partial charge in [0, 0.05) is 42.0 Å². The molecule has 0 radical (unpaired) electrons. The number of aryl methyl sites for hydroxylation is 2. The van der Waals surface area contributed by atoms with Crippen molar-refractivity contribution in [2.24, 2.45) is 5.73 Å². The third-order valence-corrected chi connectivity index (χ3v) is 5.41. The molecule has 1 fully saturated rings. The molecule has 2 aromatic rings. The van der Waals surface area contributed by atoms with Crippen LogP contribution in [0, 0.1) is 20.8 Å². The van der Waals surface area contributed by atoms with E-state index in [2.05, 4.69) is 52.2 Å². The monoisotopic (exact) mass is 383 g/mol. The molecule has 1 aliphatic rings. The topological polar surface area (TPSA) is 93.4 Å². The van der Waals surface area contributed by atoms with E-state index in [4.69, 9.17) is 10.5 Å². The molecular formula is C21H29N5O2. The summed E-state index contributed by atoms with van der Waals surface area (Å²) < 4.78 is 5.56. The maximum absolute atomic E-state index is 11.5. The van der Waals surface area contributed by atoms with Crippen LogP contribution >= 0.6 is 0 Å².